The molecule has 1 spiro atoms. The van der Waals surface area contributed by atoms with Crippen LogP contribution in [0.2, 0.25) is 18.6 Å². The molecule has 0 radical (unpaired) electrons. The number of carbonyl (C=O) groups is 2. The number of anilines is 3. The summed E-state index contributed by atoms with van der Waals surface area (Å²) in [6.07, 6.45) is 1.44. The fraction of sp³-hybridized carbons (Fsp3) is 0.333. The molecule has 0 bridgehead atoms. The van der Waals surface area contributed by atoms with Gasteiger partial charge >= 0.3 is 0 Å². The lowest BCUT2D eigenvalue weighted by Gasteiger charge is -2.37. The number of methoxy groups -OCH3 is 1. The van der Waals surface area contributed by atoms with Crippen LogP contribution in [0.5, 0.6) is 5.75 Å². The van der Waals surface area contributed by atoms with E-state index in [2.05, 4.69) is 38.2 Å². The summed E-state index contributed by atoms with van der Waals surface area (Å²) >= 11 is 0. The van der Waals surface area contributed by atoms with Gasteiger partial charge in [-0.2, -0.15) is 0 Å². The second-order valence-electron chi connectivity index (χ2n) is 13.6. The number of aliphatic hydroxyl groups is 1. The van der Waals surface area contributed by atoms with Gasteiger partial charge in [0.2, 0.25) is 5.91 Å². The SMILES string of the molecule is COc1ccc([Si](C)(C)[C@@H]2[C@@H](CCO)O[C@]3(C(=O)N(Cc4ccc(N5C(=O)CCc6ccccc65)cc4)c4ccccc43)[C@H]2C)cc1. The van der Waals surface area contributed by atoms with Crippen LogP contribution in [-0.4, -0.2) is 44.8 Å². The minimum atomic E-state index is -2.23. The summed E-state index contributed by atoms with van der Waals surface area (Å²) in [6.45, 7) is 7.23. The molecular weight excluding hydrogens is 605 g/mol. The van der Waals surface area contributed by atoms with E-state index in [0.717, 1.165) is 40.4 Å². The minimum absolute atomic E-state index is 0.00699. The number of benzene rings is 4. The zero-order valence-corrected chi connectivity index (χ0v) is 28.5. The van der Waals surface area contributed by atoms with Crippen molar-refractivity contribution in [2.24, 2.45) is 5.92 Å². The number of aryl methyl sites for hydroxylation is 1. The van der Waals surface area contributed by atoms with Crippen molar-refractivity contribution in [2.45, 2.75) is 63.1 Å². The normalized spacial score (nSPS) is 23.7. The number of rotatable bonds is 8. The van der Waals surface area contributed by atoms with Crippen molar-refractivity contribution in [3.63, 3.8) is 0 Å². The van der Waals surface area contributed by atoms with Crippen molar-refractivity contribution in [2.75, 3.05) is 23.5 Å². The Bertz CT molecular complexity index is 1810. The van der Waals surface area contributed by atoms with Crippen LogP contribution in [0.4, 0.5) is 17.1 Å². The van der Waals surface area contributed by atoms with Gasteiger partial charge in [-0.25, -0.2) is 0 Å². The largest absolute Gasteiger partial charge is 0.497 e. The fourth-order valence-corrected chi connectivity index (χ4v) is 12.5. The Hall–Kier alpha value is -4.24. The molecule has 0 saturated carbocycles. The van der Waals surface area contributed by atoms with Crippen molar-refractivity contribution in [1.82, 2.24) is 0 Å². The van der Waals surface area contributed by atoms with Gasteiger partial charge in [-0.3, -0.25) is 14.5 Å². The Morgan fingerprint density at radius 3 is 2.28 bits per heavy atom. The highest BCUT2D eigenvalue weighted by Crippen LogP contribution is 2.60. The van der Waals surface area contributed by atoms with E-state index in [0.29, 0.717) is 19.4 Å². The molecule has 0 aromatic heterocycles. The highest BCUT2D eigenvalue weighted by molar-refractivity contribution is 6.91. The maximum Gasteiger partial charge on any atom is 0.264 e. The Morgan fingerprint density at radius 2 is 1.57 bits per heavy atom. The van der Waals surface area contributed by atoms with E-state index in [1.54, 1.807) is 12.0 Å². The zero-order valence-electron chi connectivity index (χ0n) is 27.5. The number of hydrogen-bond donors (Lipinski definition) is 1. The third kappa shape index (κ3) is 5.01. The van der Waals surface area contributed by atoms with E-state index in [9.17, 15) is 14.7 Å². The summed E-state index contributed by atoms with van der Waals surface area (Å²) in [4.78, 5) is 31.5. The van der Waals surface area contributed by atoms with Gasteiger partial charge < -0.3 is 19.5 Å². The van der Waals surface area contributed by atoms with Crippen molar-refractivity contribution in [3.8, 4) is 5.75 Å². The standard InChI is InChI=1S/C39H42N2O5Si/c1-26-37(47(3,4)31-20-18-30(45-2)19-21-31)35(23-24-42)46-39(26)32-10-6-8-12-34(32)40(38(39)44)25-27-13-16-29(17-14-27)41-33-11-7-5-9-28(33)15-22-36(41)43/h5-14,16-21,26,35,37,42H,15,22-25H2,1-4H3/t26-,35+,37-,39+/m0/s1. The smallest absolute Gasteiger partial charge is 0.264 e. The molecule has 7 rings (SSSR count). The average Bonchev–Trinajstić information content (AvgIpc) is 3.52. The molecule has 242 valence electrons. The molecule has 4 aromatic rings. The van der Waals surface area contributed by atoms with E-state index in [1.165, 1.54) is 10.8 Å². The molecule has 1 fully saturated rings. The van der Waals surface area contributed by atoms with E-state index < -0.39 is 13.7 Å². The topological polar surface area (TPSA) is 79.3 Å². The maximum atomic E-state index is 14.8. The molecule has 8 heteroatoms. The number of amides is 2. The summed E-state index contributed by atoms with van der Waals surface area (Å²) in [6, 6.07) is 32.3. The fourth-order valence-electron chi connectivity index (χ4n) is 8.47. The number of ether oxygens (including phenoxy) is 2. The van der Waals surface area contributed by atoms with Gasteiger partial charge in [0, 0.05) is 30.2 Å². The predicted molar refractivity (Wildman–Crippen MR) is 187 cm³/mol. The lowest BCUT2D eigenvalue weighted by Crippen LogP contribution is -2.51. The second kappa shape index (κ2) is 12.1. The summed E-state index contributed by atoms with van der Waals surface area (Å²) < 4.78 is 12.4. The van der Waals surface area contributed by atoms with Gasteiger partial charge in [-0.15, -0.1) is 0 Å². The zero-order chi connectivity index (χ0) is 32.9. The Labute approximate surface area is 277 Å². The van der Waals surface area contributed by atoms with Crippen molar-refractivity contribution < 1.29 is 24.2 Å². The van der Waals surface area contributed by atoms with Crippen LogP contribution in [0.1, 0.15) is 36.5 Å². The molecule has 3 aliphatic heterocycles. The quantitative estimate of drug-likeness (QED) is 0.223. The molecule has 1 saturated heterocycles. The first kappa shape index (κ1) is 31.4. The third-order valence-electron chi connectivity index (χ3n) is 10.8. The predicted octanol–water partition coefficient (Wildman–Crippen LogP) is 6.45. The van der Waals surface area contributed by atoms with Crippen LogP contribution in [0.15, 0.2) is 97.1 Å². The van der Waals surface area contributed by atoms with Gasteiger partial charge in [0.05, 0.1) is 39.2 Å². The van der Waals surface area contributed by atoms with Gasteiger partial charge in [0.15, 0.2) is 5.60 Å². The van der Waals surface area contributed by atoms with Gasteiger partial charge in [0.25, 0.3) is 5.91 Å². The summed E-state index contributed by atoms with van der Waals surface area (Å²) in [5.74, 6) is 0.727. The van der Waals surface area contributed by atoms with Crippen LogP contribution in [0.25, 0.3) is 0 Å². The molecule has 0 aliphatic carbocycles. The number of hydrogen-bond acceptors (Lipinski definition) is 5. The van der Waals surface area contributed by atoms with E-state index >= 15 is 0 Å². The molecule has 4 atom stereocenters. The van der Waals surface area contributed by atoms with Crippen molar-refractivity contribution in [3.05, 3.63) is 114 Å². The number of aliphatic hydroxyl groups excluding tert-OH is 1. The average molecular weight is 647 g/mol. The third-order valence-corrected chi connectivity index (χ3v) is 15.1. The molecule has 0 unspecified atom stereocenters. The minimum Gasteiger partial charge on any atom is -0.497 e. The highest BCUT2D eigenvalue weighted by Gasteiger charge is 2.66. The maximum absolute atomic E-state index is 14.8. The van der Waals surface area contributed by atoms with Gasteiger partial charge in [-0.05, 0) is 65.9 Å². The number of carbonyl (C=O) groups excluding carboxylic acids is 2. The number of fused-ring (bicyclic) bond motifs is 3. The Morgan fingerprint density at radius 1 is 0.894 bits per heavy atom. The molecule has 4 aromatic carbocycles. The molecule has 3 aliphatic rings. The van der Waals surface area contributed by atoms with Crippen molar-refractivity contribution >= 4 is 42.1 Å². The first-order chi connectivity index (χ1) is 22.7. The Balaban J connectivity index is 1.21. The molecule has 7 nitrogen and oxygen atoms in total. The van der Waals surface area contributed by atoms with Crippen LogP contribution in [0, 0.1) is 5.92 Å². The molecule has 2 amide bonds. The molecule has 47 heavy (non-hydrogen) atoms. The lowest BCUT2D eigenvalue weighted by atomic mass is 9.82. The van der Waals surface area contributed by atoms with E-state index in [4.69, 9.17) is 9.47 Å². The number of nitrogens with zero attached hydrogens (tertiary/aromatic N) is 2. The summed E-state index contributed by atoms with van der Waals surface area (Å²) in [7, 11) is -0.564. The van der Waals surface area contributed by atoms with Crippen LogP contribution in [-0.2, 0) is 32.9 Å². The Kier molecular flexibility index (Phi) is 8.06. The summed E-state index contributed by atoms with van der Waals surface area (Å²) in [5.41, 5.74) is 4.60. The van der Waals surface area contributed by atoms with Crippen LogP contribution < -0.4 is 19.7 Å². The lowest BCUT2D eigenvalue weighted by molar-refractivity contribution is -0.146. The van der Waals surface area contributed by atoms with E-state index in [-0.39, 0.29) is 36.0 Å². The molecule has 3 heterocycles. The number of para-hydroxylation sites is 2. The second-order valence-corrected chi connectivity index (χ2v) is 18.3. The van der Waals surface area contributed by atoms with Crippen molar-refractivity contribution in [1.29, 1.82) is 0 Å². The first-order valence-electron chi connectivity index (χ1n) is 16.5. The van der Waals surface area contributed by atoms with Gasteiger partial charge in [-0.1, -0.05) is 85.9 Å². The summed E-state index contributed by atoms with van der Waals surface area (Å²) in [5, 5.41) is 11.4. The monoisotopic (exact) mass is 646 g/mol. The first-order valence-corrected chi connectivity index (χ1v) is 19.6. The van der Waals surface area contributed by atoms with Gasteiger partial charge in [0.1, 0.15) is 5.75 Å². The molecular formula is C39H42N2O5Si. The molecule has 1 N–H and O–H groups in total. The van der Waals surface area contributed by atoms with Crippen LogP contribution in [0.3, 0.4) is 0 Å². The van der Waals surface area contributed by atoms with Crippen LogP contribution >= 0.6 is 0 Å². The highest BCUT2D eigenvalue weighted by atomic mass is 28.3. The van der Waals surface area contributed by atoms with E-state index in [1.807, 2.05) is 83.8 Å².